The van der Waals surface area contributed by atoms with E-state index in [1.165, 1.54) is 0 Å². The van der Waals surface area contributed by atoms with Crippen molar-refractivity contribution >= 4 is 12.1 Å². The summed E-state index contributed by atoms with van der Waals surface area (Å²) in [6, 6.07) is -0.0315. The molecule has 5 nitrogen and oxygen atoms in total. The highest BCUT2D eigenvalue weighted by Gasteiger charge is 2.62. The summed E-state index contributed by atoms with van der Waals surface area (Å²) in [5, 5.41) is 11.7. The van der Waals surface area contributed by atoms with Gasteiger partial charge in [-0.1, -0.05) is 0 Å². The summed E-state index contributed by atoms with van der Waals surface area (Å²) in [4.78, 5) is 22.5. The smallest absolute Gasteiger partial charge is 0.407 e. The number of hydrogen-bond acceptors (Lipinski definition) is 3. The molecule has 0 aromatic heterocycles. The van der Waals surface area contributed by atoms with Crippen LogP contribution in [0, 0.1) is 17.8 Å². The Morgan fingerprint density at radius 3 is 2.41 bits per heavy atom. The lowest BCUT2D eigenvalue weighted by Gasteiger charge is -2.22. The van der Waals surface area contributed by atoms with Crippen LogP contribution < -0.4 is 5.32 Å². The molecular formula is C12H19NO4. The summed E-state index contributed by atoms with van der Waals surface area (Å²) in [6.07, 6.45) is 1.31. The summed E-state index contributed by atoms with van der Waals surface area (Å²) in [5.41, 5.74) is -0.516. The number of hydrogen-bond donors (Lipinski definition) is 2. The Labute approximate surface area is 101 Å². The van der Waals surface area contributed by atoms with Crippen molar-refractivity contribution in [1.29, 1.82) is 0 Å². The number of rotatable bonds is 2. The number of amides is 1. The molecule has 0 aliphatic heterocycles. The van der Waals surface area contributed by atoms with Crippen molar-refractivity contribution < 1.29 is 19.4 Å². The van der Waals surface area contributed by atoms with Gasteiger partial charge in [0, 0.05) is 6.04 Å². The fraction of sp³-hybridized carbons (Fsp3) is 0.833. The predicted octanol–water partition coefficient (Wildman–Crippen LogP) is 1.62. The summed E-state index contributed by atoms with van der Waals surface area (Å²) in [6.45, 7) is 5.42. The number of aliphatic carboxylic acids is 1. The van der Waals surface area contributed by atoms with E-state index in [1.807, 2.05) is 0 Å². The van der Waals surface area contributed by atoms with Gasteiger partial charge >= 0.3 is 12.1 Å². The lowest BCUT2D eigenvalue weighted by atomic mass is 10.1. The van der Waals surface area contributed by atoms with E-state index in [0.29, 0.717) is 0 Å². The fourth-order valence-corrected chi connectivity index (χ4v) is 2.86. The Hall–Kier alpha value is -1.26. The number of carbonyl (C=O) groups excluding carboxylic acids is 1. The number of carboxylic acids is 1. The molecule has 1 amide bonds. The molecule has 2 rings (SSSR count). The molecule has 96 valence electrons. The van der Waals surface area contributed by atoms with Crippen molar-refractivity contribution in [3.63, 3.8) is 0 Å². The van der Waals surface area contributed by atoms with Crippen LogP contribution in [-0.4, -0.2) is 28.8 Å². The molecule has 2 aliphatic rings. The van der Waals surface area contributed by atoms with Crippen LogP contribution in [0.15, 0.2) is 0 Å². The van der Waals surface area contributed by atoms with Crippen molar-refractivity contribution in [2.24, 2.45) is 17.8 Å². The molecule has 0 spiro atoms. The molecule has 0 bridgehead atoms. The third kappa shape index (κ3) is 2.53. The number of carboxylic acid groups (broad SMARTS) is 1. The maximum Gasteiger partial charge on any atom is 0.407 e. The minimum Gasteiger partial charge on any atom is -0.481 e. The monoisotopic (exact) mass is 241 g/mol. The Morgan fingerprint density at radius 1 is 1.29 bits per heavy atom. The van der Waals surface area contributed by atoms with E-state index in [1.54, 1.807) is 20.8 Å². The van der Waals surface area contributed by atoms with Crippen molar-refractivity contribution in [3.05, 3.63) is 0 Å². The highest BCUT2D eigenvalue weighted by Crippen LogP contribution is 2.57. The molecule has 4 unspecified atom stereocenters. The second-order valence-electron chi connectivity index (χ2n) is 5.94. The van der Waals surface area contributed by atoms with Crippen LogP contribution in [-0.2, 0) is 9.53 Å². The van der Waals surface area contributed by atoms with Gasteiger partial charge in [-0.15, -0.1) is 0 Å². The Morgan fingerprint density at radius 2 is 1.94 bits per heavy atom. The van der Waals surface area contributed by atoms with E-state index in [0.717, 1.165) is 12.8 Å². The summed E-state index contributed by atoms with van der Waals surface area (Å²) in [7, 11) is 0. The van der Waals surface area contributed by atoms with Gasteiger partial charge in [0.2, 0.25) is 0 Å². The number of nitrogens with one attached hydrogen (secondary N) is 1. The van der Waals surface area contributed by atoms with Crippen molar-refractivity contribution in [1.82, 2.24) is 5.32 Å². The van der Waals surface area contributed by atoms with Gasteiger partial charge in [0.05, 0.1) is 5.92 Å². The molecule has 4 atom stereocenters. The van der Waals surface area contributed by atoms with Crippen LogP contribution in [0.4, 0.5) is 4.79 Å². The summed E-state index contributed by atoms with van der Waals surface area (Å²) >= 11 is 0. The first-order valence-electron chi connectivity index (χ1n) is 6.02. The quantitative estimate of drug-likeness (QED) is 0.770. The zero-order valence-corrected chi connectivity index (χ0v) is 10.4. The van der Waals surface area contributed by atoms with Crippen molar-refractivity contribution in [3.8, 4) is 0 Å². The van der Waals surface area contributed by atoms with Crippen molar-refractivity contribution in [2.75, 3.05) is 0 Å². The second kappa shape index (κ2) is 3.89. The van der Waals surface area contributed by atoms with Gasteiger partial charge in [-0.2, -0.15) is 0 Å². The first-order chi connectivity index (χ1) is 7.79. The third-order valence-corrected chi connectivity index (χ3v) is 3.49. The molecule has 0 heterocycles. The van der Waals surface area contributed by atoms with E-state index < -0.39 is 17.7 Å². The molecular weight excluding hydrogens is 222 g/mol. The van der Waals surface area contributed by atoms with Crippen LogP contribution >= 0.6 is 0 Å². The summed E-state index contributed by atoms with van der Waals surface area (Å²) < 4.78 is 5.16. The summed E-state index contributed by atoms with van der Waals surface area (Å²) in [5.74, 6) is -0.633. The maximum absolute atomic E-state index is 11.6. The number of carbonyl (C=O) groups is 2. The van der Waals surface area contributed by atoms with Crippen LogP contribution in [0.25, 0.3) is 0 Å². The first-order valence-corrected chi connectivity index (χ1v) is 6.02. The normalized spacial score (nSPS) is 35.0. The van der Waals surface area contributed by atoms with Crippen LogP contribution in [0.1, 0.15) is 33.6 Å². The molecule has 5 heteroatoms. The lowest BCUT2D eigenvalue weighted by Crippen LogP contribution is -2.40. The third-order valence-electron chi connectivity index (χ3n) is 3.49. The topological polar surface area (TPSA) is 75.6 Å². The number of ether oxygens (including phenoxy) is 1. The van der Waals surface area contributed by atoms with E-state index in [2.05, 4.69) is 5.32 Å². The molecule has 0 saturated heterocycles. The molecule has 0 radical (unpaired) electrons. The predicted molar refractivity (Wildman–Crippen MR) is 60.5 cm³/mol. The van der Waals surface area contributed by atoms with E-state index in [9.17, 15) is 9.59 Å². The Kier molecular flexibility index (Phi) is 2.79. The van der Waals surface area contributed by atoms with Gasteiger partial charge in [0.25, 0.3) is 0 Å². The standard InChI is InChI=1S/C12H19NO4/c1-12(2,3)17-11(16)13-7-5-4-6-8(7)9(6)10(14)15/h6-9H,4-5H2,1-3H3,(H,13,16)(H,14,15). The number of alkyl carbamates (subject to hydrolysis) is 1. The molecule has 2 aliphatic carbocycles. The Balaban J connectivity index is 1.85. The van der Waals surface area contributed by atoms with Crippen LogP contribution in [0.2, 0.25) is 0 Å². The first kappa shape index (κ1) is 12.2. The van der Waals surface area contributed by atoms with E-state index in [-0.39, 0.29) is 23.8 Å². The van der Waals surface area contributed by atoms with Crippen molar-refractivity contribution in [2.45, 2.75) is 45.3 Å². The van der Waals surface area contributed by atoms with E-state index in [4.69, 9.17) is 9.84 Å². The molecule has 0 aromatic carbocycles. The van der Waals surface area contributed by atoms with Gasteiger partial charge in [-0.3, -0.25) is 4.79 Å². The van der Waals surface area contributed by atoms with Gasteiger partial charge in [0.15, 0.2) is 0 Å². The Bertz CT molecular complexity index is 347. The lowest BCUT2D eigenvalue weighted by molar-refractivity contribution is -0.139. The zero-order chi connectivity index (χ0) is 12.8. The van der Waals surface area contributed by atoms with E-state index >= 15 is 0 Å². The average molecular weight is 241 g/mol. The van der Waals surface area contributed by atoms with Gasteiger partial charge in [0.1, 0.15) is 5.60 Å². The SMILES string of the molecule is CC(C)(C)OC(=O)NC1CCC2C(C(=O)O)C12. The highest BCUT2D eigenvalue weighted by molar-refractivity contribution is 5.75. The largest absolute Gasteiger partial charge is 0.481 e. The molecule has 17 heavy (non-hydrogen) atoms. The average Bonchev–Trinajstić information content (AvgIpc) is 2.73. The minimum atomic E-state index is -0.740. The maximum atomic E-state index is 11.6. The van der Waals surface area contributed by atoms with Gasteiger partial charge < -0.3 is 15.2 Å². The molecule has 2 saturated carbocycles. The molecule has 2 N–H and O–H groups in total. The van der Waals surface area contributed by atoms with Crippen LogP contribution in [0.3, 0.4) is 0 Å². The van der Waals surface area contributed by atoms with Gasteiger partial charge in [-0.05, 0) is 45.4 Å². The van der Waals surface area contributed by atoms with Crippen LogP contribution in [0.5, 0.6) is 0 Å². The van der Waals surface area contributed by atoms with Gasteiger partial charge in [-0.25, -0.2) is 4.79 Å². The molecule has 2 fully saturated rings. The fourth-order valence-electron chi connectivity index (χ4n) is 2.86. The zero-order valence-electron chi connectivity index (χ0n) is 10.4. The highest BCUT2D eigenvalue weighted by atomic mass is 16.6. The number of fused-ring (bicyclic) bond motifs is 1. The molecule has 0 aromatic rings. The second-order valence-corrected chi connectivity index (χ2v) is 5.94. The minimum absolute atomic E-state index is 0.0315.